The van der Waals surface area contributed by atoms with Crippen molar-refractivity contribution in [3.63, 3.8) is 0 Å². The average Bonchev–Trinajstić information content (AvgIpc) is 2.44. The summed E-state index contributed by atoms with van der Waals surface area (Å²) < 4.78 is 30.9. The number of esters is 1. The third-order valence-electron chi connectivity index (χ3n) is 2.63. The predicted molar refractivity (Wildman–Crippen MR) is 71.2 cm³/mol. The molecule has 1 unspecified atom stereocenters. The summed E-state index contributed by atoms with van der Waals surface area (Å²) in [4.78, 5) is 11.4. The van der Waals surface area contributed by atoms with Crippen LogP contribution in [-0.2, 0) is 14.8 Å². The summed E-state index contributed by atoms with van der Waals surface area (Å²) in [7, 11) is -2.43. The van der Waals surface area contributed by atoms with Gasteiger partial charge in [0.1, 0.15) is 0 Å². The molecule has 6 nitrogen and oxygen atoms in total. The predicted octanol–water partition coefficient (Wildman–Crippen LogP) is 0.489. The van der Waals surface area contributed by atoms with Crippen molar-refractivity contribution in [2.75, 3.05) is 13.7 Å². The molecular formula is C12H18N2O4S. The van der Waals surface area contributed by atoms with E-state index in [9.17, 15) is 13.2 Å². The van der Waals surface area contributed by atoms with E-state index in [1.807, 2.05) is 6.92 Å². The first-order chi connectivity index (χ1) is 8.90. The van der Waals surface area contributed by atoms with Crippen LogP contribution in [0.4, 0.5) is 0 Å². The maximum atomic E-state index is 12.0. The van der Waals surface area contributed by atoms with Crippen LogP contribution in [0.2, 0.25) is 0 Å². The smallest absolute Gasteiger partial charge is 0.337 e. The average molecular weight is 286 g/mol. The Morgan fingerprint density at radius 2 is 2.16 bits per heavy atom. The highest BCUT2D eigenvalue weighted by atomic mass is 32.2. The highest BCUT2D eigenvalue weighted by Crippen LogP contribution is 2.12. The number of methoxy groups -OCH3 is 1. The van der Waals surface area contributed by atoms with Gasteiger partial charge in [-0.1, -0.05) is 13.0 Å². The number of rotatable bonds is 6. The number of nitrogens with one attached hydrogen (secondary N) is 1. The van der Waals surface area contributed by atoms with Crippen LogP contribution in [0.25, 0.3) is 0 Å². The summed E-state index contributed by atoms with van der Waals surface area (Å²) in [6.07, 6.45) is 0.671. The van der Waals surface area contributed by atoms with E-state index in [0.717, 1.165) is 0 Å². The minimum atomic E-state index is -3.67. The lowest BCUT2D eigenvalue weighted by atomic mass is 10.2. The van der Waals surface area contributed by atoms with E-state index in [-0.39, 0.29) is 23.0 Å². The third-order valence-corrected chi connectivity index (χ3v) is 4.05. The van der Waals surface area contributed by atoms with E-state index in [0.29, 0.717) is 6.42 Å². The normalized spacial score (nSPS) is 13.0. The first-order valence-corrected chi connectivity index (χ1v) is 7.32. The number of hydrogen-bond acceptors (Lipinski definition) is 5. The van der Waals surface area contributed by atoms with Gasteiger partial charge in [0.15, 0.2) is 0 Å². The van der Waals surface area contributed by atoms with Crippen molar-refractivity contribution < 1.29 is 17.9 Å². The minimum absolute atomic E-state index is 0.0127. The lowest BCUT2D eigenvalue weighted by Crippen LogP contribution is -2.36. The van der Waals surface area contributed by atoms with Gasteiger partial charge in [0.2, 0.25) is 10.0 Å². The molecule has 0 aliphatic rings. The maximum Gasteiger partial charge on any atom is 0.337 e. The summed E-state index contributed by atoms with van der Waals surface area (Å²) in [5.41, 5.74) is 5.84. The van der Waals surface area contributed by atoms with Crippen LogP contribution in [0.5, 0.6) is 0 Å². The van der Waals surface area contributed by atoms with Crippen molar-refractivity contribution in [1.29, 1.82) is 0 Å². The zero-order valence-corrected chi connectivity index (χ0v) is 11.7. The molecule has 1 aromatic rings. The highest BCUT2D eigenvalue weighted by Gasteiger charge is 2.17. The first-order valence-electron chi connectivity index (χ1n) is 5.84. The van der Waals surface area contributed by atoms with Crippen molar-refractivity contribution in [2.45, 2.75) is 24.3 Å². The Morgan fingerprint density at radius 1 is 1.47 bits per heavy atom. The fourth-order valence-electron chi connectivity index (χ4n) is 1.35. The molecule has 106 valence electrons. The Kier molecular flexibility index (Phi) is 5.46. The van der Waals surface area contributed by atoms with Crippen LogP contribution >= 0.6 is 0 Å². The van der Waals surface area contributed by atoms with Crippen molar-refractivity contribution in [3.8, 4) is 0 Å². The zero-order chi connectivity index (χ0) is 14.5. The van der Waals surface area contributed by atoms with E-state index in [2.05, 4.69) is 9.46 Å². The van der Waals surface area contributed by atoms with Crippen molar-refractivity contribution in [3.05, 3.63) is 29.8 Å². The molecule has 0 amide bonds. The number of nitrogens with two attached hydrogens (primary N) is 1. The lowest BCUT2D eigenvalue weighted by Gasteiger charge is -2.11. The number of hydrogen-bond donors (Lipinski definition) is 2. The van der Waals surface area contributed by atoms with Gasteiger partial charge in [-0.3, -0.25) is 0 Å². The molecule has 0 aliphatic heterocycles. The van der Waals surface area contributed by atoms with Crippen molar-refractivity contribution in [2.24, 2.45) is 5.73 Å². The summed E-state index contributed by atoms with van der Waals surface area (Å²) >= 11 is 0. The second-order valence-electron chi connectivity index (χ2n) is 4.04. The molecule has 1 rings (SSSR count). The maximum absolute atomic E-state index is 12.0. The second-order valence-corrected chi connectivity index (χ2v) is 5.81. The Morgan fingerprint density at radius 3 is 2.74 bits per heavy atom. The van der Waals surface area contributed by atoms with E-state index in [1.54, 1.807) is 0 Å². The SMILES string of the molecule is CCC(N)CNS(=O)(=O)c1cccc(C(=O)OC)c1. The van der Waals surface area contributed by atoms with Gasteiger partial charge >= 0.3 is 5.97 Å². The zero-order valence-electron chi connectivity index (χ0n) is 10.9. The molecule has 19 heavy (non-hydrogen) atoms. The van der Waals surface area contributed by atoms with E-state index in [1.165, 1.54) is 31.4 Å². The minimum Gasteiger partial charge on any atom is -0.465 e. The Labute approximate surface area is 113 Å². The number of ether oxygens (including phenoxy) is 1. The Balaban J connectivity index is 2.92. The molecule has 0 spiro atoms. The topological polar surface area (TPSA) is 98.5 Å². The fourth-order valence-corrected chi connectivity index (χ4v) is 2.49. The van der Waals surface area contributed by atoms with Gasteiger partial charge in [-0.05, 0) is 24.6 Å². The molecule has 0 saturated heterocycles. The van der Waals surface area contributed by atoms with Crippen LogP contribution in [-0.4, -0.2) is 34.1 Å². The van der Waals surface area contributed by atoms with Crippen LogP contribution in [0.1, 0.15) is 23.7 Å². The Hall–Kier alpha value is -1.44. The van der Waals surface area contributed by atoms with Crippen LogP contribution in [0.15, 0.2) is 29.2 Å². The van der Waals surface area contributed by atoms with Crippen LogP contribution < -0.4 is 10.5 Å². The summed E-state index contributed by atoms with van der Waals surface area (Å²) in [6.45, 7) is 2.03. The molecule has 7 heteroatoms. The number of carbonyl (C=O) groups excluding carboxylic acids is 1. The summed E-state index contributed by atoms with van der Waals surface area (Å²) in [5, 5.41) is 0. The molecule has 0 bridgehead atoms. The van der Waals surface area contributed by atoms with Gasteiger partial charge in [0.25, 0.3) is 0 Å². The molecule has 3 N–H and O–H groups in total. The monoisotopic (exact) mass is 286 g/mol. The fraction of sp³-hybridized carbons (Fsp3) is 0.417. The van der Waals surface area contributed by atoms with Crippen LogP contribution in [0.3, 0.4) is 0 Å². The van der Waals surface area contributed by atoms with Crippen LogP contribution in [0, 0.1) is 0 Å². The third kappa shape index (κ3) is 4.30. The quantitative estimate of drug-likeness (QED) is 0.741. The van der Waals surface area contributed by atoms with Crippen molar-refractivity contribution >= 4 is 16.0 Å². The van der Waals surface area contributed by atoms with Gasteiger partial charge in [-0.2, -0.15) is 0 Å². The summed E-state index contributed by atoms with van der Waals surface area (Å²) in [5.74, 6) is -0.581. The Bertz CT molecular complexity index is 542. The molecule has 1 atom stereocenters. The standard InChI is InChI=1S/C12H18N2O4S/c1-3-10(13)8-14-19(16,17)11-6-4-5-9(7-11)12(15)18-2/h4-7,10,14H,3,8,13H2,1-2H3. The number of benzene rings is 1. The molecule has 0 radical (unpaired) electrons. The molecule has 1 aromatic carbocycles. The number of sulfonamides is 1. The molecule has 0 saturated carbocycles. The molecular weight excluding hydrogens is 268 g/mol. The molecule has 0 aromatic heterocycles. The van der Waals surface area contributed by atoms with Gasteiger partial charge < -0.3 is 10.5 Å². The van der Waals surface area contributed by atoms with E-state index >= 15 is 0 Å². The lowest BCUT2D eigenvalue weighted by molar-refractivity contribution is 0.0600. The molecule has 0 aliphatic carbocycles. The van der Waals surface area contributed by atoms with E-state index in [4.69, 9.17) is 5.73 Å². The first kappa shape index (κ1) is 15.6. The van der Waals surface area contributed by atoms with Crippen molar-refractivity contribution in [1.82, 2.24) is 4.72 Å². The van der Waals surface area contributed by atoms with Gasteiger partial charge in [0.05, 0.1) is 17.6 Å². The molecule has 0 heterocycles. The number of carbonyl (C=O) groups is 1. The second kappa shape index (κ2) is 6.65. The summed E-state index contributed by atoms with van der Waals surface area (Å²) in [6, 6.07) is 5.42. The largest absolute Gasteiger partial charge is 0.465 e. The van der Waals surface area contributed by atoms with Gasteiger partial charge in [-0.15, -0.1) is 0 Å². The highest BCUT2D eigenvalue weighted by molar-refractivity contribution is 7.89. The molecule has 0 fully saturated rings. The van der Waals surface area contributed by atoms with E-state index < -0.39 is 16.0 Å². The van der Waals surface area contributed by atoms with Gasteiger partial charge in [0, 0.05) is 12.6 Å². The van der Waals surface area contributed by atoms with Gasteiger partial charge in [-0.25, -0.2) is 17.9 Å².